The maximum absolute atomic E-state index is 8.15. The first kappa shape index (κ1) is 8.47. The van der Waals surface area contributed by atoms with Gasteiger partial charge in [-0.1, -0.05) is 5.16 Å². The molecule has 3 heteroatoms. The Bertz CT molecular complexity index is 84.4. The maximum atomic E-state index is 8.15. The van der Waals surface area contributed by atoms with E-state index < -0.39 is 0 Å². The van der Waals surface area contributed by atoms with Crippen molar-refractivity contribution in [2.45, 2.75) is 25.7 Å². The predicted octanol–water partition coefficient (Wildman–Crippen LogP) is 0.742. The molecular formula is C5H10NNaO. The van der Waals surface area contributed by atoms with E-state index in [4.69, 9.17) is 5.21 Å². The van der Waals surface area contributed by atoms with E-state index in [0.717, 1.165) is 18.6 Å². The van der Waals surface area contributed by atoms with E-state index in [2.05, 4.69) is 5.16 Å². The molecule has 1 saturated carbocycles. The molecule has 1 aliphatic rings. The minimum atomic E-state index is 0. The molecule has 1 N–H and O–H groups in total. The Morgan fingerprint density at radius 3 is 2.00 bits per heavy atom. The van der Waals surface area contributed by atoms with E-state index in [1.54, 1.807) is 0 Å². The van der Waals surface area contributed by atoms with Crippen LogP contribution in [0, 0.1) is 0 Å². The zero-order valence-electron chi connectivity index (χ0n) is 4.22. The first-order chi connectivity index (χ1) is 3.43. The molecule has 0 aromatic carbocycles. The first-order valence-corrected chi connectivity index (χ1v) is 2.63. The molecule has 42 valence electrons. The van der Waals surface area contributed by atoms with Crippen LogP contribution in [0.3, 0.4) is 0 Å². The topological polar surface area (TPSA) is 32.6 Å². The van der Waals surface area contributed by atoms with E-state index >= 15 is 0 Å². The van der Waals surface area contributed by atoms with Crippen LogP contribution in [0.1, 0.15) is 25.7 Å². The van der Waals surface area contributed by atoms with Crippen molar-refractivity contribution in [2.24, 2.45) is 5.16 Å². The zero-order chi connectivity index (χ0) is 5.11. The van der Waals surface area contributed by atoms with Gasteiger partial charge in [-0.15, -0.1) is 0 Å². The average Bonchev–Trinajstić information content (AvgIpc) is 2.14. The molecule has 0 spiro atoms. The Balaban J connectivity index is 0.000000490. The Kier molecular flexibility index (Phi) is 4.61. The van der Waals surface area contributed by atoms with E-state index in [-0.39, 0.29) is 29.6 Å². The molecule has 1 aliphatic carbocycles. The summed E-state index contributed by atoms with van der Waals surface area (Å²) in [5.41, 5.74) is 0.972. The number of hydrogen-bond donors (Lipinski definition) is 1. The van der Waals surface area contributed by atoms with Gasteiger partial charge in [0, 0.05) is 0 Å². The fourth-order valence-corrected chi connectivity index (χ4v) is 0.883. The summed E-state index contributed by atoms with van der Waals surface area (Å²) < 4.78 is 0. The molecule has 0 amide bonds. The van der Waals surface area contributed by atoms with Crippen LogP contribution in [-0.4, -0.2) is 40.5 Å². The molecule has 0 aliphatic heterocycles. The van der Waals surface area contributed by atoms with Crippen molar-refractivity contribution in [1.82, 2.24) is 0 Å². The minimum absolute atomic E-state index is 0. The number of nitrogens with zero attached hydrogens (tertiary/aromatic N) is 1. The fraction of sp³-hybridized carbons (Fsp3) is 0.800. The third-order valence-corrected chi connectivity index (χ3v) is 1.32. The van der Waals surface area contributed by atoms with E-state index in [1.165, 1.54) is 12.8 Å². The second-order valence-corrected chi connectivity index (χ2v) is 1.87. The van der Waals surface area contributed by atoms with E-state index in [9.17, 15) is 0 Å². The van der Waals surface area contributed by atoms with Crippen molar-refractivity contribution >= 4 is 35.3 Å². The zero-order valence-corrected chi connectivity index (χ0v) is 4.22. The van der Waals surface area contributed by atoms with Gasteiger partial charge in [-0.25, -0.2) is 0 Å². The molecule has 0 atom stereocenters. The summed E-state index contributed by atoms with van der Waals surface area (Å²) in [6.45, 7) is 0. The fourth-order valence-electron chi connectivity index (χ4n) is 0.883. The molecule has 8 heavy (non-hydrogen) atoms. The van der Waals surface area contributed by atoms with Gasteiger partial charge < -0.3 is 5.21 Å². The molecule has 2 nitrogen and oxygen atoms in total. The summed E-state index contributed by atoms with van der Waals surface area (Å²) in [6.07, 6.45) is 4.44. The Morgan fingerprint density at radius 1 is 1.25 bits per heavy atom. The molecule has 0 saturated heterocycles. The predicted molar refractivity (Wildman–Crippen MR) is 34.8 cm³/mol. The van der Waals surface area contributed by atoms with Crippen LogP contribution in [0.15, 0.2) is 5.16 Å². The van der Waals surface area contributed by atoms with Crippen molar-refractivity contribution in [2.75, 3.05) is 0 Å². The van der Waals surface area contributed by atoms with Gasteiger partial charge in [0.2, 0.25) is 0 Å². The third kappa shape index (κ3) is 2.16. The molecule has 1 fully saturated rings. The van der Waals surface area contributed by atoms with Crippen molar-refractivity contribution < 1.29 is 5.21 Å². The summed E-state index contributed by atoms with van der Waals surface area (Å²) in [7, 11) is 0. The molecule has 0 unspecified atom stereocenters. The van der Waals surface area contributed by atoms with Gasteiger partial charge in [0.25, 0.3) is 0 Å². The van der Waals surface area contributed by atoms with Crippen molar-refractivity contribution in [3.8, 4) is 0 Å². The summed E-state index contributed by atoms with van der Waals surface area (Å²) in [5, 5.41) is 11.3. The van der Waals surface area contributed by atoms with Crippen molar-refractivity contribution in [3.05, 3.63) is 0 Å². The molecule has 0 bridgehead atoms. The molecule has 0 heterocycles. The number of hydrogen-bond acceptors (Lipinski definition) is 2. The summed E-state index contributed by atoms with van der Waals surface area (Å²) in [5.74, 6) is 0. The average molecular weight is 123 g/mol. The van der Waals surface area contributed by atoms with E-state index in [1.807, 2.05) is 0 Å². The van der Waals surface area contributed by atoms with Crippen LogP contribution in [0.25, 0.3) is 0 Å². The molecular weight excluding hydrogens is 113 g/mol. The van der Waals surface area contributed by atoms with Crippen LogP contribution >= 0.6 is 0 Å². The summed E-state index contributed by atoms with van der Waals surface area (Å²) in [4.78, 5) is 0. The van der Waals surface area contributed by atoms with Gasteiger partial charge in [-0.05, 0) is 25.7 Å². The van der Waals surface area contributed by atoms with Gasteiger partial charge in [-0.2, -0.15) is 0 Å². The van der Waals surface area contributed by atoms with E-state index in [0.29, 0.717) is 0 Å². The van der Waals surface area contributed by atoms with Crippen molar-refractivity contribution in [3.63, 3.8) is 0 Å². The van der Waals surface area contributed by atoms with Gasteiger partial charge >= 0.3 is 29.6 Å². The Hall–Kier alpha value is 0.470. The molecule has 0 radical (unpaired) electrons. The van der Waals surface area contributed by atoms with Gasteiger partial charge in [0.1, 0.15) is 0 Å². The van der Waals surface area contributed by atoms with Gasteiger partial charge in [0.05, 0.1) is 5.71 Å². The summed E-state index contributed by atoms with van der Waals surface area (Å²) >= 11 is 0. The second-order valence-electron chi connectivity index (χ2n) is 1.87. The first-order valence-electron chi connectivity index (χ1n) is 2.63. The van der Waals surface area contributed by atoms with Crippen LogP contribution in [0.2, 0.25) is 0 Å². The number of rotatable bonds is 0. The van der Waals surface area contributed by atoms with Crippen LogP contribution in [-0.2, 0) is 0 Å². The number of oxime groups is 1. The van der Waals surface area contributed by atoms with Gasteiger partial charge in [-0.3, -0.25) is 0 Å². The normalized spacial score (nSPS) is 17.8. The second kappa shape index (κ2) is 4.36. The van der Waals surface area contributed by atoms with Crippen LogP contribution in [0.5, 0.6) is 0 Å². The Morgan fingerprint density at radius 2 is 1.75 bits per heavy atom. The quantitative estimate of drug-likeness (QED) is 0.287. The van der Waals surface area contributed by atoms with Crippen molar-refractivity contribution in [1.29, 1.82) is 0 Å². The third-order valence-electron chi connectivity index (χ3n) is 1.32. The monoisotopic (exact) mass is 123 g/mol. The Labute approximate surface area is 71.3 Å². The molecule has 0 aromatic rings. The molecule has 1 rings (SSSR count). The van der Waals surface area contributed by atoms with Crippen LogP contribution in [0.4, 0.5) is 0 Å². The van der Waals surface area contributed by atoms with Gasteiger partial charge in [0.15, 0.2) is 0 Å². The standard InChI is InChI=1S/C5H9NO.Na.H/c7-6-5-3-1-2-4-5;;/h7H,1-4H2;;. The SMILES string of the molecule is ON=C1CCCC1.[NaH]. The van der Waals surface area contributed by atoms with Crippen LogP contribution < -0.4 is 0 Å². The molecule has 0 aromatic heterocycles. The summed E-state index contributed by atoms with van der Waals surface area (Å²) in [6, 6.07) is 0.